The van der Waals surface area contributed by atoms with E-state index in [0.29, 0.717) is 54.2 Å². The van der Waals surface area contributed by atoms with Crippen molar-refractivity contribution in [2.75, 3.05) is 27.4 Å². The highest BCUT2D eigenvalue weighted by molar-refractivity contribution is 6.06. The van der Waals surface area contributed by atoms with Crippen LogP contribution in [0.4, 0.5) is 5.69 Å². The summed E-state index contributed by atoms with van der Waals surface area (Å²) in [4.78, 5) is 39.7. The van der Waals surface area contributed by atoms with Gasteiger partial charge in [0.05, 0.1) is 18.6 Å². The van der Waals surface area contributed by atoms with E-state index in [-0.39, 0.29) is 23.9 Å². The molecule has 1 aliphatic heterocycles. The molecule has 1 heterocycles. The number of nitro benzene ring substituents is 1. The molecule has 0 unspecified atom stereocenters. The maximum absolute atomic E-state index is 13.4. The van der Waals surface area contributed by atoms with Crippen molar-refractivity contribution in [1.82, 2.24) is 4.90 Å². The molecule has 2 aromatic carbocycles. The number of carbonyl (C=O) groups excluding carboxylic acids is 2. The Morgan fingerprint density at radius 1 is 0.923 bits per heavy atom. The van der Waals surface area contributed by atoms with E-state index in [1.54, 1.807) is 32.4 Å². The second-order valence-corrected chi connectivity index (χ2v) is 9.98. The number of benzene rings is 2. The van der Waals surface area contributed by atoms with Crippen LogP contribution in [-0.4, -0.2) is 48.8 Å². The maximum atomic E-state index is 13.4. The molecule has 9 nitrogen and oxygen atoms in total. The summed E-state index contributed by atoms with van der Waals surface area (Å²) < 4.78 is 17.0. The highest BCUT2D eigenvalue weighted by Crippen LogP contribution is 2.50. The molecule has 0 spiro atoms. The Morgan fingerprint density at radius 3 is 2.23 bits per heavy atom. The van der Waals surface area contributed by atoms with Crippen molar-refractivity contribution in [3.63, 3.8) is 0 Å². The van der Waals surface area contributed by atoms with Gasteiger partial charge in [0, 0.05) is 67.1 Å². The molecule has 204 valence electrons. The standard InChI is InChI=1S/C30H32N2O7/c1-37-15-14-31-22-8-4-10-24(33)29(22)28(30-23(31)9-5-11-25(30)34)20-12-13-26(27(17-20)38-2)39-18-19-6-3-7-21(16-19)32(35)36/h3,6-7,12-13,16-17,28H,4-5,8-11,14-15,18H2,1-2H3. The first kappa shape index (κ1) is 26.6. The Hall–Kier alpha value is -3.98. The third-order valence-electron chi connectivity index (χ3n) is 7.64. The van der Waals surface area contributed by atoms with E-state index in [1.165, 1.54) is 12.1 Å². The van der Waals surface area contributed by atoms with Crippen molar-refractivity contribution in [2.24, 2.45) is 0 Å². The highest BCUT2D eigenvalue weighted by atomic mass is 16.6. The summed E-state index contributed by atoms with van der Waals surface area (Å²) in [6.07, 6.45) is 4.08. The summed E-state index contributed by atoms with van der Waals surface area (Å²) in [7, 11) is 3.20. The van der Waals surface area contributed by atoms with Crippen LogP contribution in [0.15, 0.2) is 65.0 Å². The molecule has 0 bridgehead atoms. The molecule has 0 saturated heterocycles. The smallest absolute Gasteiger partial charge is 0.269 e. The van der Waals surface area contributed by atoms with Crippen molar-refractivity contribution in [2.45, 2.75) is 51.0 Å². The topological polar surface area (TPSA) is 108 Å². The average Bonchev–Trinajstić information content (AvgIpc) is 2.95. The largest absolute Gasteiger partial charge is 0.493 e. The quantitative estimate of drug-likeness (QED) is 0.319. The van der Waals surface area contributed by atoms with E-state index in [1.807, 2.05) is 12.1 Å². The molecule has 3 aliphatic rings. The van der Waals surface area contributed by atoms with Gasteiger partial charge in [0.25, 0.3) is 5.69 Å². The molecule has 2 aromatic rings. The Morgan fingerprint density at radius 2 is 1.62 bits per heavy atom. The minimum atomic E-state index is -0.450. The molecule has 5 rings (SSSR count). The predicted molar refractivity (Wildman–Crippen MR) is 144 cm³/mol. The van der Waals surface area contributed by atoms with E-state index in [4.69, 9.17) is 14.2 Å². The lowest BCUT2D eigenvalue weighted by atomic mass is 9.71. The SMILES string of the molecule is COCCN1C2=C(C(=O)CCC2)C(c2ccc(OCc3cccc([N+](=O)[O-])c3)c(OC)c2)C2=C1CCCC2=O. The number of hydrogen-bond acceptors (Lipinski definition) is 8. The molecular formula is C30H32N2O7. The van der Waals surface area contributed by atoms with E-state index < -0.39 is 10.8 Å². The normalized spacial score (nSPS) is 17.7. The molecule has 0 N–H and O–H groups in total. The molecule has 2 aliphatic carbocycles. The van der Waals surface area contributed by atoms with Crippen LogP contribution >= 0.6 is 0 Å². The summed E-state index contributed by atoms with van der Waals surface area (Å²) >= 11 is 0. The fourth-order valence-electron chi connectivity index (χ4n) is 5.91. The number of Topliss-reactive ketones (excluding diaryl/α,β-unsaturated/α-hetero) is 2. The van der Waals surface area contributed by atoms with Crippen LogP contribution in [-0.2, 0) is 20.9 Å². The van der Waals surface area contributed by atoms with Crippen LogP contribution in [0.5, 0.6) is 11.5 Å². The lowest BCUT2D eigenvalue weighted by Crippen LogP contribution is -2.40. The predicted octanol–water partition coefficient (Wildman–Crippen LogP) is 5.24. The monoisotopic (exact) mass is 532 g/mol. The van der Waals surface area contributed by atoms with Gasteiger partial charge in [0.1, 0.15) is 6.61 Å². The number of ketones is 2. The number of ether oxygens (including phenoxy) is 3. The van der Waals surface area contributed by atoms with Gasteiger partial charge in [0.15, 0.2) is 23.1 Å². The van der Waals surface area contributed by atoms with Gasteiger partial charge in [-0.15, -0.1) is 0 Å². The minimum absolute atomic E-state index is 0.00212. The van der Waals surface area contributed by atoms with Gasteiger partial charge >= 0.3 is 0 Å². The zero-order chi connectivity index (χ0) is 27.5. The minimum Gasteiger partial charge on any atom is -0.493 e. The summed E-state index contributed by atoms with van der Waals surface area (Å²) in [5, 5.41) is 11.1. The summed E-state index contributed by atoms with van der Waals surface area (Å²) in [5.74, 6) is 0.653. The van der Waals surface area contributed by atoms with E-state index >= 15 is 0 Å². The number of nitro groups is 1. The molecular weight excluding hydrogens is 500 g/mol. The third kappa shape index (κ3) is 5.18. The lowest BCUT2D eigenvalue weighted by Gasteiger charge is -2.44. The van der Waals surface area contributed by atoms with Crippen LogP contribution in [0.25, 0.3) is 0 Å². The zero-order valence-electron chi connectivity index (χ0n) is 22.2. The maximum Gasteiger partial charge on any atom is 0.269 e. The molecule has 39 heavy (non-hydrogen) atoms. The van der Waals surface area contributed by atoms with Crippen LogP contribution < -0.4 is 9.47 Å². The van der Waals surface area contributed by atoms with Gasteiger partial charge in [-0.25, -0.2) is 0 Å². The second kappa shape index (κ2) is 11.4. The molecule has 0 saturated carbocycles. The number of hydrogen-bond donors (Lipinski definition) is 0. The Kier molecular flexibility index (Phi) is 7.79. The highest BCUT2D eigenvalue weighted by Gasteiger charge is 2.43. The van der Waals surface area contributed by atoms with Crippen LogP contribution in [0.3, 0.4) is 0 Å². The lowest BCUT2D eigenvalue weighted by molar-refractivity contribution is -0.384. The Bertz CT molecular complexity index is 1330. The number of allylic oxidation sites excluding steroid dienone is 4. The van der Waals surface area contributed by atoms with Crippen molar-refractivity contribution >= 4 is 17.3 Å². The number of rotatable bonds is 9. The fourth-order valence-corrected chi connectivity index (χ4v) is 5.91. The van der Waals surface area contributed by atoms with Crippen molar-refractivity contribution < 1.29 is 28.7 Å². The van der Waals surface area contributed by atoms with Crippen LogP contribution in [0.1, 0.15) is 55.6 Å². The average molecular weight is 533 g/mol. The first-order valence-corrected chi connectivity index (χ1v) is 13.3. The van der Waals surface area contributed by atoms with Crippen molar-refractivity contribution in [3.05, 3.63) is 86.2 Å². The van der Waals surface area contributed by atoms with Crippen molar-refractivity contribution in [1.29, 1.82) is 0 Å². The van der Waals surface area contributed by atoms with Gasteiger partial charge in [0.2, 0.25) is 0 Å². The van der Waals surface area contributed by atoms with Gasteiger partial charge < -0.3 is 19.1 Å². The molecule has 0 atom stereocenters. The first-order valence-electron chi connectivity index (χ1n) is 13.3. The van der Waals surface area contributed by atoms with E-state index in [9.17, 15) is 19.7 Å². The molecule has 0 amide bonds. The molecule has 0 aromatic heterocycles. The van der Waals surface area contributed by atoms with Gasteiger partial charge in [-0.1, -0.05) is 18.2 Å². The molecule has 0 radical (unpaired) electrons. The van der Waals surface area contributed by atoms with E-state index in [2.05, 4.69) is 4.90 Å². The summed E-state index contributed by atoms with van der Waals surface area (Å²) in [5.41, 5.74) is 4.89. The molecule has 9 heteroatoms. The third-order valence-corrected chi connectivity index (χ3v) is 7.64. The van der Waals surface area contributed by atoms with Crippen LogP contribution in [0, 0.1) is 10.1 Å². The van der Waals surface area contributed by atoms with Gasteiger partial charge in [-0.2, -0.15) is 0 Å². The number of methoxy groups -OCH3 is 2. The summed E-state index contributed by atoms with van der Waals surface area (Å²) in [6, 6.07) is 11.8. The number of non-ortho nitro benzene ring substituents is 1. The fraction of sp³-hybridized carbons (Fsp3) is 0.400. The first-order chi connectivity index (χ1) is 18.9. The van der Waals surface area contributed by atoms with Gasteiger partial charge in [-0.3, -0.25) is 19.7 Å². The van der Waals surface area contributed by atoms with Gasteiger partial charge in [-0.05, 0) is 48.9 Å². The van der Waals surface area contributed by atoms with E-state index in [0.717, 1.165) is 42.6 Å². The Labute approximate surface area is 227 Å². The zero-order valence-corrected chi connectivity index (χ0v) is 22.2. The molecule has 0 fully saturated rings. The number of carbonyl (C=O) groups is 2. The van der Waals surface area contributed by atoms with Crippen LogP contribution in [0.2, 0.25) is 0 Å². The Balaban J connectivity index is 1.52. The summed E-state index contributed by atoms with van der Waals surface area (Å²) in [6.45, 7) is 1.23. The second-order valence-electron chi connectivity index (χ2n) is 9.98. The van der Waals surface area contributed by atoms with Crippen molar-refractivity contribution in [3.8, 4) is 11.5 Å². The number of nitrogens with zero attached hydrogens (tertiary/aromatic N) is 2.